The molecule has 1 aromatic heterocycles. The first-order chi connectivity index (χ1) is 22.3. The highest BCUT2D eigenvalue weighted by molar-refractivity contribution is 6.22. The minimum absolute atomic E-state index is 0.934. The van der Waals surface area contributed by atoms with Crippen molar-refractivity contribution in [3.05, 3.63) is 170 Å². The second-order valence-corrected chi connectivity index (χ2v) is 11.6. The Balaban J connectivity index is 1.40. The summed E-state index contributed by atoms with van der Waals surface area (Å²) in [6.07, 6.45) is 0. The molecule has 0 aliphatic heterocycles. The van der Waals surface area contributed by atoms with Crippen molar-refractivity contribution in [2.45, 2.75) is 0 Å². The summed E-state index contributed by atoms with van der Waals surface area (Å²) in [7, 11) is 0. The maximum absolute atomic E-state index is 5.21. The predicted octanol–water partition coefficient (Wildman–Crippen LogP) is 11.5. The van der Waals surface area contributed by atoms with Gasteiger partial charge in [-0.15, -0.1) is 0 Å². The van der Waals surface area contributed by atoms with Gasteiger partial charge in [0.1, 0.15) is 5.82 Å². The Kier molecular flexibility index (Phi) is 5.85. The van der Waals surface area contributed by atoms with Crippen LogP contribution in [0.5, 0.6) is 0 Å². The Labute approximate surface area is 261 Å². The Morgan fingerprint density at radius 2 is 0.978 bits per heavy atom. The third kappa shape index (κ3) is 4.15. The molecule has 0 saturated carbocycles. The van der Waals surface area contributed by atoms with Crippen molar-refractivity contribution in [1.29, 1.82) is 0 Å². The number of para-hydroxylation sites is 3. The molecule has 45 heavy (non-hydrogen) atoms. The van der Waals surface area contributed by atoms with Crippen LogP contribution >= 0.6 is 0 Å². The van der Waals surface area contributed by atoms with Crippen LogP contribution in [-0.4, -0.2) is 9.55 Å². The Morgan fingerprint density at radius 1 is 0.378 bits per heavy atom. The summed E-state index contributed by atoms with van der Waals surface area (Å²) in [5.41, 5.74) is 9.19. The van der Waals surface area contributed by atoms with Gasteiger partial charge >= 0.3 is 0 Å². The van der Waals surface area contributed by atoms with Crippen molar-refractivity contribution in [3.8, 4) is 39.3 Å². The zero-order valence-electron chi connectivity index (χ0n) is 24.6. The standard InChI is InChI=1S/C43H28N2/c1-3-14-30(15-4-1)41-35-19-9-10-20-36(35)42(32-24-23-29-13-7-8-16-31(29)27-32)37-26-25-33(28-38(37)41)43-44-39-21-11-12-22-40(39)45(43)34-17-5-2-6-18-34/h1-28H. The van der Waals surface area contributed by atoms with Gasteiger partial charge in [0.15, 0.2) is 0 Å². The molecule has 0 unspecified atom stereocenters. The van der Waals surface area contributed by atoms with Crippen LogP contribution in [0.25, 0.3) is 82.7 Å². The SMILES string of the molecule is c1ccc(-c2c3ccccc3c(-c3ccc4ccccc4c3)c3ccc(-c4nc5ccccc5n4-c4ccccc4)cc23)cc1. The molecule has 0 saturated heterocycles. The molecule has 0 radical (unpaired) electrons. The number of hydrogen-bond acceptors (Lipinski definition) is 1. The van der Waals surface area contributed by atoms with Gasteiger partial charge in [-0.05, 0) is 91.0 Å². The minimum atomic E-state index is 0.934. The highest BCUT2D eigenvalue weighted by Crippen LogP contribution is 2.45. The van der Waals surface area contributed by atoms with Crippen LogP contribution in [0.2, 0.25) is 0 Å². The number of benzene rings is 8. The van der Waals surface area contributed by atoms with Crippen molar-refractivity contribution in [2.75, 3.05) is 0 Å². The molecular weight excluding hydrogens is 544 g/mol. The second-order valence-electron chi connectivity index (χ2n) is 11.6. The smallest absolute Gasteiger partial charge is 0.145 e. The molecule has 9 rings (SSSR count). The largest absolute Gasteiger partial charge is 0.292 e. The van der Waals surface area contributed by atoms with E-state index in [1.807, 2.05) is 0 Å². The molecule has 0 N–H and O–H groups in total. The van der Waals surface area contributed by atoms with E-state index in [9.17, 15) is 0 Å². The lowest BCUT2D eigenvalue weighted by Gasteiger charge is -2.19. The van der Waals surface area contributed by atoms with Gasteiger partial charge in [-0.1, -0.05) is 133 Å². The molecular formula is C43H28N2. The molecule has 2 heteroatoms. The first kappa shape index (κ1) is 25.5. The van der Waals surface area contributed by atoms with Crippen molar-refractivity contribution in [2.24, 2.45) is 0 Å². The summed E-state index contributed by atoms with van der Waals surface area (Å²) >= 11 is 0. The molecule has 1 heterocycles. The normalized spacial score (nSPS) is 11.6. The molecule has 210 valence electrons. The van der Waals surface area contributed by atoms with Crippen molar-refractivity contribution in [1.82, 2.24) is 9.55 Å². The number of rotatable bonds is 4. The van der Waals surface area contributed by atoms with E-state index in [0.29, 0.717) is 0 Å². The van der Waals surface area contributed by atoms with E-state index in [0.717, 1.165) is 28.1 Å². The van der Waals surface area contributed by atoms with E-state index in [1.165, 1.54) is 54.6 Å². The van der Waals surface area contributed by atoms with E-state index in [-0.39, 0.29) is 0 Å². The van der Waals surface area contributed by atoms with Gasteiger partial charge in [0.05, 0.1) is 11.0 Å². The van der Waals surface area contributed by atoms with E-state index in [4.69, 9.17) is 4.98 Å². The maximum atomic E-state index is 5.21. The summed E-state index contributed by atoms with van der Waals surface area (Å²) in [6.45, 7) is 0. The average molecular weight is 573 g/mol. The predicted molar refractivity (Wildman–Crippen MR) is 190 cm³/mol. The van der Waals surface area contributed by atoms with Gasteiger partial charge in [-0.25, -0.2) is 4.98 Å². The van der Waals surface area contributed by atoms with Crippen LogP contribution in [-0.2, 0) is 0 Å². The number of imidazole rings is 1. The highest BCUT2D eigenvalue weighted by Gasteiger charge is 2.20. The van der Waals surface area contributed by atoms with Gasteiger partial charge in [0.2, 0.25) is 0 Å². The van der Waals surface area contributed by atoms with Crippen LogP contribution < -0.4 is 0 Å². The molecule has 0 fully saturated rings. The zero-order valence-corrected chi connectivity index (χ0v) is 24.6. The van der Waals surface area contributed by atoms with Crippen LogP contribution in [0.15, 0.2) is 170 Å². The molecule has 0 bridgehead atoms. The summed E-state index contributed by atoms with van der Waals surface area (Å²) in [5, 5.41) is 7.43. The average Bonchev–Trinajstić information content (AvgIpc) is 3.50. The van der Waals surface area contributed by atoms with Crippen molar-refractivity contribution >= 4 is 43.4 Å². The summed E-state index contributed by atoms with van der Waals surface area (Å²) in [4.78, 5) is 5.21. The minimum Gasteiger partial charge on any atom is -0.292 e. The third-order valence-corrected chi connectivity index (χ3v) is 8.96. The van der Waals surface area contributed by atoms with Gasteiger partial charge < -0.3 is 0 Å². The summed E-state index contributed by atoms with van der Waals surface area (Å²) < 4.78 is 2.28. The fourth-order valence-electron chi connectivity index (χ4n) is 6.95. The van der Waals surface area contributed by atoms with Crippen LogP contribution in [0.4, 0.5) is 0 Å². The number of hydrogen-bond donors (Lipinski definition) is 0. The van der Waals surface area contributed by atoms with Gasteiger partial charge in [0.25, 0.3) is 0 Å². The van der Waals surface area contributed by atoms with E-state index in [1.54, 1.807) is 0 Å². The van der Waals surface area contributed by atoms with Crippen molar-refractivity contribution in [3.63, 3.8) is 0 Å². The quantitative estimate of drug-likeness (QED) is 0.192. The highest BCUT2D eigenvalue weighted by atomic mass is 15.1. The summed E-state index contributed by atoms with van der Waals surface area (Å²) in [5.74, 6) is 0.934. The molecule has 0 spiro atoms. The van der Waals surface area contributed by atoms with Gasteiger partial charge in [-0.2, -0.15) is 0 Å². The number of nitrogens with zero attached hydrogens (tertiary/aromatic N) is 2. The van der Waals surface area contributed by atoms with Gasteiger partial charge in [0, 0.05) is 11.3 Å². The lowest BCUT2D eigenvalue weighted by Crippen LogP contribution is -1.98. The second kappa shape index (κ2) is 10.3. The Bertz CT molecular complexity index is 2530. The van der Waals surface area contributed by atoms with Crippen LogP contribution in [0, 0.1) is 0 Å². The lowest BCUT2D eigenvalue weighted by molar-refractivity contribution is 1.10. The molecule has 0 amide bonds. The lowest BCUT2D eigenvalue weighted by atomic mass is 9.85. The maximum Gasteiger partial charge on any atom is 0.145 e. The molecule has 2 nitrogen and oxygen atoms in total. The first-order valence-electron chi connectivity index (χ1n) is 15.4. The van der Waals surface area contributed by atoms with Crippen LogP contribution in [0.3, 0.4) is 0 Å². The molecule has 9 aromatic rings. The molecule has 0 aliphatic carbocycles. The Hall–Kier alpha value is -5.99. The van der Waals surface area contributed by atoms with E-state index >= 15 is 0 Å². The molecule has 0 atom stereocenters. The first-order valence-corrected chi connectivity index (χ1v) is 15.4. The van der Waals surface area contributed by atoms with E-state index in [2.05, 4.69) is 174 Å². The third-order valence-electron chi connectivity index (χ3n) is 8.96. The summed E-state index contributed by atoms with van der Waals surface area (Å²) in [6, 6.07) is 61.0. The zero-order chi connectivity index (χ0) is 29.7. The molecule has 8 aromatic carbocycles. The van der Waals surface area contributed by atoms with Crippen molar-refractivity contribution < 1.29 is 0 Å². The number of fused-ring (bicyclic) bond motifs is 4. The monoisotopic (exact) mass is 572 g/mol. The van der Waals surface area contributed by atoms with Gasteiger partial charge in [-0.3, -0.25) is 4.57 Å². The fourth-order valence-corrected chi connectivity index (χ4v) is 6.95. The van der Waals surface area contributed by atoms with Crippen LogP contribution in [0.1, 0.15) is 0 Å². The Morgan fingerprint density at radius 3 is 1.78 bits per heavy atom. The topological polar surface area (TPSA) is 17.8 Å². The fraction of sp³-hybridized carbons (Fsp3) is 0. The van der Waals surface area contributed by atoms with E-state index < -0.39 is 0 Å². The number of aromatic nitrogens is 2. The molecule has 0 aliphatic rings.